The fourth-order valence-electron chi connectivity index (χ4n) is 1.45. The van der Waals surface area contributed by atoms with E-state index in [1.165, 1.54) is 0 Å². The lowest BCUT2D eigenvalue weighted by molar-refractivity contribution is 0.481. The van der Waals surface area contributed by atoms with Gasteiger partial charge in [0.2, 0.25) is 0 Å². The second-order valence-corrected chi connectivity index (χ2v) is 4.58. The molecule has 3 heteroatoms. The molecule has 0 bridgehead atoms. The minimum Gasteiger partial charge on any atom is -0.456 e. The summed E-state index contributed by atoms with van der Waals surface area (Å²) in [5.74, 6) is 1.30. The smallest absolute Gasteiger partial charge is 0.145 e. The van der Waals surface area contributed by atoms with Gasteiger partial charge in [-0.1, -0.05) is 22.0 Å². The van der Waals surface area contributed by atoms with Gasteiger partial charge in [0.05, 0.1) is 5.56 Å². The molecule has 2 rings (SSSR count). The van der Waals surface area contributed by atoms with Gasteiger partial charge in [0, 0.05) is 4.47 Å². The van der Waals surface area contributed by atoms with Crippen molar-refractivity contribution in [1.29, 1.82) is 5.26 Å². The second-order valence-electron chi connectivity index (χ2n) is 3.67. The summed E-state index contributed by atoms with van der Waals surface area (Å²) < 4.78 is 6.66. The highest BCUT2D eigenvalue weighted by Crippen LogP contribution is 2.26. The quantitative estimate of drug-likeness (QED) is 0.819. The van der Waals surface area contributed by atoms with Crippen LogP contribution in [0, 0.1) is 18.3 Å². The first-order valence-electron chi connectivity index (χ1n) is 5.13. The van der Waals surface area contributed by atoms with E-state index in [0.29, 0.717) is 17.1 Å². The van der Waals surface area contributed by atoms with Crippen LogP contribution >= 0.6 is 15.9 Å². The molecule has 0 amide bonds. The number of nitriles is 1. The molecular weight excluding hydrogens is 278 g/mol. The predicted molar refractivity (Wildman–Crippen MR) is 70.1 cm³/mol. The third-order valence-corrected chi connectivity index (χ3v) is 2.83. The lowest BCUT2D eigenvalue weighted by Crippen LogP contribution is -1.88. The molecule has 0 aliphatic rings. The topological polar surface area (TPSA) is 33.0 Å². The van der Waals surface area contributed by atoms with E-state index in [-0.39, 0.29) is 0 Å². The van der Waals surface area contributed by atoms with Gasteiger partial charge in [0.15, 0.2) is 0 Å². The minimum absolute atomic E-state index is 0.549. The van der Waals surface area contributed by atoms with Crippen molar-refractivity contribution in [3.05, 3.63) is 58.1 Å². The van der Waals surface area contributed by atoms with Crippen molar-refractivity contribution in [2.45, 2.75) is 6.92 Å². The van der Waals surface area contributed by atoms with Gasteiger partial charge in [-0.3, -0.25) is 0 Å². The summed E-state index contributed by atoms with van der Waals surface area (Å²) in [5.41, 5.74) is 1.60. The van der Waals surface area contributed by atoms with Crippen LogP contribution in [-0.2, 0) is 0 Å². The van der Waals surface area contributed by atoms with Gasteiger partial charge < -0.3 is 4.74 Å². The van der Waals surface area contributed by atoms with Gasteiger partial charge in [0.25, 0.3) is 0 Å². The number of ether oxygens (including phenoxy) is 1. The van der Waals surface area contributed by atoms with Crippen molar-refractivity contribution in [3.8, 4) is 17.6 Å². The molecular formula is C14H10BrNO. The highest BCUT2D eigenvalue weighted by atomic mass is 79.9. The molecule has 0 radical (unpaired) electrons. The first-order valence-corrected chi connectivity index (χ1v) is 5.92. The zero-order valence-corrected chi connectivity index (χ0v) is 10.9. The maximum absolute atomic E-state index is 9.03. The van der Waals surface area contributed by atoms with E-state index in [2.05, 4.69) is 22.0 Å². The maximum atomic E-state index is 9.03. The molecule has 0 aliphatic carbocycles. The number of halogens is 1. The average molecular weight is 288 g/mol. The Morgan fingerprint density at radius 3 is 2.47 bits per heavy atom. The Bertz CT molecular complexity index is 570. The van der Waals surface area contributed by atoms with E-state index in [4.69, 9.17) is 10.00 Å². The van der Waals surface area contributed by atoms with Crippen LogP contribution < -0.4 is 4.74 Å². The Morgan fingerprint density at radius 1 is 1.12 bits per heavy atom. The summed E-state index contributed by atoms with van der Waals surface area (Å²) >= 11 is 3.36. The number of hydrogen-bond acceptors (Lipinski definition) is 2. The molecule has 0 aliphatic heterocycles. The first-order chi connectivity index (χ1) is 8.19. The van der Waals surface area contributed by atoms with Crippen molar-refractivity contribution in [2.24, 2.45) is 0 Å². The molecule has 0 fully saturated rings. The molecule has 2 nitrogen and oxygen atoms in total. The molecule has 0 spiro atoms. The molecule has 84 valence electrons. The van der Waals surface area contributed by atoms with E-state index in [0.717, 1.165) is 10.0 Å². The molecule has 2 aromatic carbocycles. The lowest BCUT2D eigenvalue weighted by atomic mass is 10.1. The Kier molecular flexibility index (Phi) is 3.46. The molecule has 17 heavy (non-hydrogen) atoms. The van der Waals surface area contributed by atoms with Crippen LogP contribution in [0.4, 0.5) is 0 Å². The van der Waals surface area contributed by atoms with E-state index >= 15 is 0 Å². The van der Waals surface area contributed by atoms with Crippen molar-refractivity contribution in [1.82, 2.24) is 0 Å². The highest BCUT2D eigenvalue weighted by molar-refractivity contribution is 9.10. The number of nitrogens with zero attached hydrogens (tertiary/aromatic N) is 1. The monoisotopic (exact) mass is 287 g/mol. The van der Waals surface area contributed by atoms with Gasteiger partial charge in [-0.25, -0.2) is 0 Å². The molecule has 0 heterocycles. The van der Waals surface area contributed by atoms with Crippen LogP contribution in [0.3, 0.4) is 0 Å². The summed E-state index contributed by atoms with van der Waals surface area (Å²) in [6.07, 6.45) is 0. The highest BCUT2D eigenvalue weighted by Gasteiger charge is 2.04. The lowest BCUT2D eigenvalue weighted by Gasteiger charge is -2.07. The van der Waals surface area contributed by atoms with Crippen LogP contribution in [0.1, 0.15) is 11.1 Å². The zero-order chi connectivity index (χ0) is 12.3. The first kappa shape index (κ1) is 11.7. The summed E-state index contributed by atoms with van der Waals surface area (Å²) in [6, 6.07) is 15.2. The molecule has 0 saturated carbocycles. The largest absolute Gasteiger partial charge is 0.456 e. The summed E-state index contributed by atoms with van der Waals surface area (Å²) in [5, 5.41) is 9.03. The average Bonchev–Trinajstić information content (AvgIpc) is 2.34. The number of rotatable bonds is 2. The van der Waals surface area contributed by atoms with Gasteiger partial charge in [-0.05, 0) is 48.9 Å². The van der Waals surface area contributed by atoms with E-state index in [9.17, 15) is 0 Å². The molecule has 2 aromatic rings. The fraction of sp³-hybridized carbons (Fsp3) is 0.0714. The van der Waals surface area contributed by atoms with Crippen molar-refractivity contribution in [2.75, 3.05) is 0 Å². The number of aryl methyl sites for hydroxylation is 1. The van der Waals surface area contributed by atoms with Crippen molar-refractivity contribution >= 4 is 15.9 Å². The van der Waals surface area contributed by atoms with Crippen LogP contribution in [-0.4, -0.2) is 0 Å². The van der Waals surface area contributed by atoms with Crippen LogP contribution in [0.25, 0.3) is 0 Å². The summed E-state index contributed by atoms with van der Waals surface area (Å²) in [4.78, 5) is 0. The molecule has 0 saturated heterocycles. The molecule has 0 N–H and O–H groups in total. The third kappa shape index (κ3) is 2.86. The van der Waals surface area contributed by atoms with Crippen LogP contribution in [0.5, 0.6) is 11.5 Å². The normalized spacial score (nSPS) is 9.71. The fourth-order valence-corrected chi connectivity index (χ4v) is 1.71. The van der Waals surface area contributed by atoms with Gasteiger partial charge in [-0.2, -0.15) is 5.26 Å². The SMILES string of the molecule is Cc1ccc(Oc2ccc(Br)cc2)c(C#N)c1. The minimum atomic E-state index is 0.549. The Morgan fingerprint density at radius 2 is 1.82 bits per heavy atom. The van der Waals surface area contributed by atoms with Crippen LogP contribution in [0.2, 0.25) is 0 Å². The molecule has 0 unspecified atom stereocenters. The van der Waals surface area contributed by atoms with Crippen LogP contribution in [0.15, 0.2) is 46.9 Å². The molecule has 0 atom stereocenters. The van der Waals surface area contributed by atoms with Gasteiger partial charge in [-0.15, -0.1) is 0 Å². The van der Waals surface area contributed by atoms with E-state index in [1.54, 1.807) is 0 Å². The predicted octanol–water partition coefficient (Wildman–Crippen LogP) is 4.42. The Balaban J connectivity index is 2.30. The van der Waals surface area contributed by atoms with Crippen molar-refractivity contribution in [3.63, 3.8) is 0 Å². The zero-order valence-electron chi connectivity index (χ0n) is 9.27. The molecule has 0 aromatic heterocycles. The Hall–Kier alpha value is -1.79. The number of hydrogen-bond donors (Lipinski definition) is 0. The maximum Gasteiger partial charge on any atom is 0.145 e. The van der Waals surface area contributed by atoms with E-state index < -0.39 is 0 Å². The second kappa shape index (κ2) is 5.03. The number of benzene rings is 2. The van der Waals surface area contributed by atoms with E-state index in [1.807, 2.05) is 49.4 Å². The van der Waals surface area contributed by atoms with Gasteiger partial charge in [0.1, 0.15) is 17.6 Å². The van der Waals surface area contributed by atoms with Crippen molar-refractivity contribution < 1.29 is 4.74 Å². The summed E-state index contributed by atoms with van der Waals surface area (Å²) in [6.45, 7) is 1.95. The summed E-state index contributed by atoms with van der Waals surface area (Å²) in [7, 11) is 0. The standard InChI is InChI=1S/C14H10BrNO/c1-10-2-7-14(11(8-10)9-16)17-13-5-3-12(15)4-6-13/h2-8H,1H3. The van der Waals surface area contributed by atoms with Gasteiger partial charge >= 0.3 is 0 Å². The Labute approximate surface area is 109 Å². The third-order valence-electron chi connectivity index (χ3n) is 2.30.